The quantitative estimate of drug-likeness (QED) is 0.883. The van der Waals surface area contributed by atoms with Crippen molar-refractivity contribution in [2.75, 3.05) is 0 Å². The van der Waals surface area contributed by atoms with Crippen molar-refractivity contribution in [1.82, 2.24) is 5.32 Å². The lowest BCUT2D eigenvalue weighted by molar-refractivity contribution is -0.121. The summed E-state index contributed by atoms with van der Waals surface area (Å²) in [6.07, 6.45) is 1.53. The lowest BCUT2D eigenvalue weighted by Crippen LogP contribution is -2.23. The molecule has 0 aliphatic heterocycles. The van der Waals surface area contributed by atoms with E-state index in [9.17, 15) is 4.79 Å². The van der Waals surface area contributed by atoms with Crippen molar-refractivity contribution < 1.29 is 4.79 Å². The highest BCUT2D eigenvalue weighted by atomic mass is 32.1. The fourth-order valence-electron chi connectivity index (χ4n) is 1.89. The van der Waals surface area contributed by atoms with E-state index in [1.807, 2.05) is 12.1 Å². The van der Waals surface area contributed by atoms with Crippen LogP contribution in [0.15, 0.2) is 30.3 Å². The second kappa shape index (κ2) is 5.74. The molecule has 1 N–H and O–H groups in total. The SMILES string of the molecule is CC(C)(C)CCC(=O)NCc1cc2ccccc2s1. The third kappa shape index (κ3) is 4.35. The molecule has 2 rings (SSSR count). The number of hydrogen-bond donors (Lipinski definition) is 1. The fraction of sp³-hybridized carbons (Fsp3) is 0.438. The first-order chi connectivity index (χ1) is 8.94. The minimum Gasteiger partial charge on any atom is -0.351 e. The fourth-order valence-corrected chi connectivity index (χ4v) is 2.89. The second-order valence-electron chi connectivity index (χ2n) is 6.09. The highest BCUT2D eigenvalue weighted by Crippen LogP contribution is 2.25. The van der Waals surface area contributed by atoms with Gasteiger partial charge in [-0.25, -0.2) is 0 Å². The Labute approximate surface area is 118 Å². The molecule has 0 saturated heterocycles. The molecule has 1 amide bonds. The Hall–Kier alpha value is -1.35. The van der Waals surface area contributed by atoms with E-state index in [0.717, 1.165) is 6.42 Å². The zero-order valence-corrected chi connectivity index (χ0v) is 12.6. The molecule has 2 nitrogen and oxygen atoms in total. The summed E-state index contributed by atoms with van der Waals surface area (Å²) in [5.74, 6) is 0.146. The highest BCUT2D eigenvalue weighted by molar-refractivity contribution is 7.19. The molecule has 0 unspecified atom stereocenters. The number of fused-ring (bicyclic) bond motifs is 1. The molecule has 2 aromatic rings. The minimum absolute atomic E-state index is 0.146. The van der Waals surface area contributed by atoms with Gasteiger partial charge in [0.1, 0.15) is 0 Å². The van der Waals surface area contributed by atoms with E-state index in [1.165, 1.54) is 15.0 Å². The van der Waals surface area contributed by atoms with Crippen LogP contribution < -0.4 is 5.32 Å². The maximum atomic E-state index is 11.8. The number of thiophene rings is 1. The van der Waals surface area contributed by atoms with Crippen molar-refractivity contribution in [3.63, 3.8) is 0 Å². The van der Waals surface area contributed by atoms with Crippen LogP contribution >= 0.6 is 11.3 Å². The summed E-state index contributed by atoms with van der Waals surface area (Å²) in [4.78, 5) is 13.0. The van der Waals surface area contributed by atoms with Gasteiger partial charge in [0.15, 0.2) is 0 Å². The average Bonchev–Trinajstić information content (AvgIpc) is 2.75. The highest BCUT2D eigenvalue weighted by Gasteiger charge is 2.12. The van der Waals surface area contributed by atoms with Crippen molar-refractivity contribution in [1.29, 1.82) is 0 Å². The number of benzene rings is 1. The molecule has 0 bridgehead atoms. The Morgan fingerprint density at radius 3 is 2.68 bits per heavy atom. The minimum atomic E-state index is 0.146. The molecule has 0 atom stereocenters. The maximum Gasteiger partial charge on any atom is 0.220 e. The van der Waals surface area contributed by atoms with E-state index in [0.29, 0.717) is 13.0 Å². The zero-order valence-electron chi connectivity index (χ0n) is 11.8. The van der Waals surface area contributed by atoms with Crippen molar-refractivity contribution in [3.8, 4) is 0 Å². The number of nitrogens with one attached hydrogen (secondary N) is 1. The van der Waals surface area contributed by atoms with Gasteiger partial charge >= 0.3 is 0 Å². The smallest absolute Gasteiger partial charge is 0.220 e. The number of amides is 1. The van der Waals surface area contributed by atoms with Gasteiger partial charge in [0.2, 0.25) is 5.91 Å². The average molecular weight is 275 g/mol. The van der Waals surface area contributed by atoms with Gasteiger partial charge in [-0.15, -0.1) is 11.3 Å². The monoisotopic (exact) mass is 275 g/mol. The second-order valence-corrected chi connectivity index (χ2v) is 7.26. The summed E-state index contributed by atoms with van der Waals surface area (Å²) in [5, 5.41) is 4.26. The van der Waals surface area contributed by atoms with E-state index in [2.05, 4.69) is 44.3 Å². The maximum absolute atomic E-state index is 11.8. The van der Waals surface area contributed by atoms with Gasteiger partial charge in [-0.3, -0.25) is 4.79 Å². The largest absolute Gasteiger partial charge is 0.351 e. The lowest BCUT2D eigenvalue weighted by Gasteiger charge is -2.17. The molecule has 0 aliphatic rings. The summed E-state index contributed by atoms with van der Waals surface area (Å²) in [6.45, 7) is 7.12. The van der Waals surface area contributed by atoms with Crippen molar-refractivity contribution in [2.24, 2.45) is 5.41 Å². The number of carbonyl (C=O) groups is 1. The Morgan fingerprint density at radius 1 is 1.26 bits per heavy atom. The van der Waals surface area contributed by atoms with Crippen LogP contribution in [-0.4, -0.2) is 5.91 Å². The van der Waals surface area contributed by atoms with E-state index in [-0.39, 0.29) is 11.3 Å². The summed E-state index contributed by atoms with van der Waals surface area (Å²) in [5.41, 5.74) is 0.217. The van der Waals surface area contributed by atoms with Crippen LogP contribution in [0.4, 0.5) is 0 Å². The summed E-state index contributed by atoms with van der Waals surface area (Å²) in [7, 11) is 0. The predicted octanol–water partition coefficient (Wildman–Crippen LogP) is 4.34. The van der Waals surface area contributed by atoms with Crippen LogP contribution in [-0.2, 0) is 11.3 Å². The molecule has 1 heterocycles. The molecular weight excluding hydrogens is 254 g/mol. The third-order valence-electron chi connectivity index (χ3n) is 3.04. The molecule has 0 saturated carbocycles. The Bertz CT molecular complexity index is 532. The first kappa shape index (κ1) is 14.1. The summed E-state index contributed by atoms with van der Waals surface area (Å²) < 4.78 is 1.28. The first-order valence-electron chi connectivity index (χ1n) is 6.68. The van der Waals surface area contributed by atoms with Crippen molar-refractivity contribution in [3.05, 3.63) is 35.2 Å². The predicted molar refractivity (Wildman–Crippen MR) is 82.4 cm³/mol. The van der Waals surface area contributed by atoms with E-state index in [1.54, 1.807) is 11.3 Å². The normalized spacial score (nSPS) is 11.7. The molecule has 0 radical (unpaired) electrons. The summed E-state index contributed by atoms with van der Waals surface area (Å²) in [6, 6.07) is 10.5. The van der Waals surface area contributed by atoms with Gasteiger partial charge < -0.3 is 5.32 Å². The molecule has 1 aromatic carbocycles. The Balaban J connectivity index is 1.86. The van der Waals surface area contributed by atoms with Crippen LogP contribution in [0, 0.1) is 5.41 Å². The van der Waals surface area contributed by atoms with Gasteiger partial charge in [-0.2, -0.15) is 0 Å². The topological polar surface area (TPSA) is 29.1 Å². The Kier molecular flexibility index (Phi) is 4.25. The molecule has 102 valence electrons. The molecule has 19 heavy (non-hydrogen) atoms. The van der Waals surface area contributed by atoms with Crippen LogP contribution in [0.2, 0.25) is 0 Å². The van der Waals surface area contributed by atoms with Crippen LogP contribution in [0.3, 0.4) is 0 Å². The van der Waals surface area contributed by atoms with Gasteiger partial charge in [0.05, 0.1) is 6.54 Å². The third-order valence-corrected chi connectivity index (χ3v) is 4.15. The zero-order chi connectivity index (χ0) is 13.9. The van der Waals surface area contributed by atoms with Crippen molar-refractivity contribution >= 4 is 27.3 Å². The first-order valence-corrected chi connectivity index (χ1v) is 7.50. The van der Waals surface area contributed by atoms with Crippen molar-refractivity contribution in [2.45, 2.75) is 40.2 Å². The van der Waals surface area contributed by atoms with E-state index >= 15 is 0 Å². The van der Waals surface area contributed by atoms with Crippen LogP contribution in [0.25, 0.3) is 10.1 Å². The molecule has 0 aliphatic carbocycles. The number of hydrogen-bond acceptors (Lipinski definition) is 2. The van der Waals surface area contributed by atoms with Gasteiger partial charge in [-0.1, -0.05) is 39.0 Å². The van der Waals surface area contributed by atoms with E-state index in [4.69, 9.17) is 0 Å². The summed E-state index contributed by atoms with van der Waals surface area (Å²) >= 11 is 1.75. The van der Waals surface area contributed by atoms with Crippen LogP contribution in [0.5, 0.6) is 0 Å². The van der Waals surface area contributed by atoms with Gasteiger partial charge in [0, 0.05) is 16.0 Å². The molecule has 0 spiro atoms. The lowest BCUT2D eigenvalue weighted by atomic mass is 9.90. The number of carbonyl (C=O) groups excluding carboxylic acids is 1. The standard InChI is InChI=1S/C16H21NOS/c1-16(2,3)9-8-15(18)17-11-13-10-12-6-4-5-7-14(12)19-13/h4-7,10H,8-9,11H2,1-3H3,(H,17,18). The molecule has 1 aromatic heterocycles. The molecular formula is C16H21NOS. The van der Waals surface area contributed by atoms with Gasteiger partial charge in [-0.05, 0) is 29.4 Å². The van der Waals surface area contributed by atoms with Crippen LogP contribution in [0.1, 0.15) is 38.5 Å². The molecule has 3 heteroatoms. The van der Waals surface area contributed by atoms with E-state index < -0.39 is 0 Å². The molecule has 0 fully saturated rings. The number of rotatable bonds is 4. The van der Waals surface area contributed by atoms with Gasteiger partial charge in [0.25, 0.3) is 0 Å². The Morgan fingerprint density at radius 2 is 2.00 bits per heavy atom.